The highest BCUT2D eigenvalue weighted by Crippen LogP contribution is 2.41. The Morgan fingerprint density at radius 1 is 1.21 bits per heavy atom. The number of allylic oxidation sites excluding steroid dienone is 2. The summed E-state index contributed by atoms with van der Waals surface area (Å²) in [5.74, 6) is 1.01. The molecule has 0 aliphatic heterocycles. The van der Waals surface area contributed by atoms with Gasteiger partial charge in [0.1, 0.15) is 11.5 Å². The Labute approximate surface area is 117 Å². The lowest BCUT2D eigenvalue weighted by Gasteiger charge is -2.29. The maximum atomic E-state index is 12.1. The normalized spacial score (nSPS) is 18.6. The third kappa shape index (κ3) is 3.32. The summed E-state index contributed by atoms with van der Waals surface area (Å²) in [5.41, 5.74) is -0.148. The number of methoxy groups -OCH3 is 1. The van der Waals surface area contributed by atoms with Gasteiger partial charge in [-0.05, 0) is 29.7 Å². The summed E-state index contributed by atoms with van der Waals surface area (Å²) < 4.78 is 5.09. The van der Waals surface area contributed by atoms with Gasteiger partial charge in [-0.15, -0.1) is 0 Å². The molecule has 0 atom stereocenters. The molecule has 0 unspecified atom stereocenters. The molecule has 0 bridgehead atoms. The van der Waals surface area contributed by atoms with E-state index in [1.165, 1.54) is 11.8 Å². The quantitative estimate of drug-likeness (QED) is 0.909. The molecule has 0 saturated heterocycles. The lowest BCUT2D eigenvalue weighted by atomic mass is 9.79. The summed E-state index contributed by atoms with van der Waals surface area (Å²) >= 11 is 1.33. The molecule has 1 aromatic rings. The molecule has 0 saturated carbocycles. The number of ether oxygens (including phenoxy) is 1. The van der Waals surface area contributed by atoms with Crippen LogP contribution in [0.25, 0.3) is 0 Å². The van der Waals surface area contributed by atoms with Crippen molar-refractivity contribution in [2.75, 3.05) is 7.11 Å². The summed E-state index contributed by atoms with van der Waals surface area (Å²) in [6.45, 7) is 3.99. The highest BCUT2D eigenvalue weighted by atomic mass is 32.2. The second-order valence-corrected chi connectivity index (χ2v) is 6.58. The van der Waals surface area contributed by atoms with Crippen LogP contribution < -0.4 is 4.74 Å². The van der Waals surface area contributed by atoms with E-state index in [9.17, 15) is 9.90 Å². The zero-order valence-corrected chi connectivity index (χ0v) is 12.2. The molecule has 0 fully saturated rings. The second-order valence-electron chi connectivity index (χ2n) is 5.49. The van der Waals surface area contributed by atoms with Gasteiger partial charge in [0, 0.05) is 17.7 Å². The monoisotopic (exact) mass is 278 g/mol. The molecular weight excluding hydrogens is 260 g/mol. The van der Waals surface area contributed by atoms with Crippen LogP contribution in [0.15, 0.2) is 39.8 Å². The van der Waals surface area contributed by atoms with Crippen LogP contribution in [0, 0.1) is 5.41 Å². The van der Waals surface area contributed by atoms with Gasteiger partial charge in [0.15, 0.2) is 5.78 Å². The number of aliphatic hydroxyl groups excluding tert-OH is 1. The minimum Gasteiger partial charge on any atom is -0.511 e. The van der Waals surface area contributed by atoms with Gasteiger partial charge >= 0.3 is 0 Å². The molecule has 1 aromatic carbocycles. The van der Waals surface area contributed by atoms with Crippen molar-refractivity contribution >= 4 is 17.5 Å². The van der Waals surface area contributed by atoms with Crippen molar-refractivity contribution in [3.8, 4) is 5.75 Å². The molecular formula is C15H18O3S. The number of hydrogen-bond acceptors (Lipinski definition) is 4. The van der Waals surface area contributed by atoms with E-state index in [-0.39, 0.29) is 17.0 Å². The lowest BCUT2D eigenvalue weighted by Crippen LogP contribution is -2.24. The minimum absolute atomic E-state index is 0.0227. The largest absolute Gasteiger partial charge is 0.511 e. The Hall–Kier alpha value is -1.42. The number of carbonyl (C=O) groups is 1. The van der Waals surface area contributed by atoms with Gasteiger partial charge in [-0.2, -0.15) is 0 Å². The fourth-order valence-electron chi connectivity index (χ4n) is 2.15. The fourth-order valence-corrected chi connectivity index (χ4v) is 3.03. The van der Waals surface area contributed by atoms with Crippen molar-refractivity contribution in [3.63, 3.8) is 0 Å². The van der Waals surface area contributed by atoms with Crippen molar-refractivity contribution in [2.24, 2.45) is 5.41 Å². The first-order valence-corrected chi connectivity index (χ1v) is 7.00. The van der Waals surface area contributed by atoms with E-state index in [0.717, 1.165) is 10.6 Å². The van der Waals surface area contributed by atoms with Crippen molar-refractivity contribution in [2.45, 2.75) is 31.6 Å². The van der Waals surface area contributed by atoms with Crippen LogP contribution in [0.1, 0.15) is 26.7 Å². The molecule has 0 heterocycles. The maximum absolute atomic E-state index is 12.1. The first-order chi connectivity index (χ1) is 8.91. The van der Waals surface area contributed by atoms with Crippen LogP contribution in [-0.4, -0.2) is 18.0 Å². The van der Waals surface area contributed by atoms with E-state index < -0.39 is 0 Å². The zero-order valence-electron chi connectivity index (χ0n) is 11.4. The molecule has 2 rings (SSSR count). The number of carbonyl (C=O) groups excluding carboxylic acids is 1. The van der Waals surface area contributed by atoms with Gasteiger partial charge in [0.25, 0.3) is 0 Å². The number of aliphatic hydroxyl groups is 1. The predicted octanol–water partition coefficient (Wildman–Crippen LogP) is 3.95. The number of benzene rings is 1. The van der Waals surface area contributed by atoms with Crippen LogP contribution in [0.2, 0.25) is 0 Å². The van der Waals surface area contributed by atoms with Gasteiger partial charge in [-0.3, -0.25) is 4.79 Å². The Morgan fingerprint density at radius 2 is 1.84 bits per heavy atom. The van der Waals surface area contributed by atoms with Crippen LogP contribution in [0.3, 0.4) is 0 Å². The fraction of sp³-hybridized carbons (Fsp3) is 0.400. The van der Waals surface area contributed by atoms with E-state index >= 15 is 0 Å². The van der Waals surface area contributed by atoms with Crippen molar-refractivity contribution in [1.29, 1.82) is 0 Å². The van der Waals surface area contributed by atoms with E-state index in [4.69, 9.17) is 4.74 Å². The smallest absolute Gasteiger partial charge is 0.173 e. The number of rotatable bonds is 3. The molecule has 0 aromatic heterocycles. The molecule has 1 aliphatic carbocycles. The molecule has 3 nitrogen and oxygen atoms in total. The van der Waals surface area contributed by atoms with Crippen LogP contribution >= 0.6 is 11.8 Å². The number of hydrogen-bond donors (Lipinski definition) is 1. The summed E-state index contributed by atoms with van der Waals surface area (Å²) in [5, 5.41) is 10.1. The molecule has 0 spiro atoms. The highest BCUT2D eigenvalue weighted by molar-refractivity contribution is 8.04. The summed E-state index contributed by atoms with van der Waals surface area (Å²) in [7, 11) is 1.61. The number of Topliss-reactive ketones (excluding diaryl/α,β-unsaturated/α-hetero) is 1. The van der Waals surface area contributed by atoms with Gasteiger partial charge < -0.3 is 9.84 Å². The molecule has 4 heteroatoms. The molecule has 0 amide bonds. The molecule has 102 valence electrons. The van der Waals surface area contributed by atoms with Crippen molar-refractivity contribution in [3.05, 3.63) is 34.9 Å². The van der Waals surface area contributed by atoms with Crippen molar-refractivity contribution < 1.29 is 14.6 Å². The first kappa shape index (κ1) is 14.0. The number of ketones is 1. The topological polar surface area (TPSA) is 46.5 Å². The molecule has 1 aliphatic rings. The molecule has 0 radical (unpaired) electrons. The standard InChI is InChI=1S/C15H18O3S/c1-15(2)8-12(16)14(13(17)9-15)19-11-6-4-10(18-3)5-7-11/h4-7,16H,8-9H2,1-3H3. The summed E-state index contributed by atoms with van der Waals surface area (Å²) in [4.78, 5) is 13.5. The van der Waals surface area contributed by atoms with Crippen LogP contribution in [-0.2, 0) is 4.79 Å². The Balaban J connectivity index is 2.19. The average Bonchev–Trinajstić information content (AvgIpc) is 2.33. The highest BCUT2D eigenvalue weighted by Gasteiger charge is 2.33. The van der Waals surface area contributed by atoms with Gasteiger partial charge in [0.05, 0.1) is 12.0 Å². The average molecular weight is 278 g/mol. The SMILES string of the molecule is COc1ccc(SC2=C(O)CC(C)(C)CC2=O)cc1. The van der Waals surface area contributed by atoms with E-state index in [0.29, 0.717) is 17.7 Å². The lowest BCUT2D eigenvalue weighted by molar-refractivity contribution is -0.117. The Kier molecular flexibility index (Phi) is 3.90. The Bertz CT molecular complexity index is 515. The first-order valence-electron chi connectivity index (χ1n) is 6.18. The van der Waals surface area contributed by atoms with Crippen LogP contribution in [0.4, 0.5) is 0 Å². The van der Waals surface area contributed by atoms with Gasteiger partial charge in [-0.1, -0.05) is 25.6 Å². The van der Waals surface area contributed by atoms with E-state index in [1.807, 2.05) is 38.1 Å². The minimum atomic E-state index is -0.148. The predicted molar refractivity (Wildman–Crippen MR) is 76.5 cm³/mol. The summed E-state index contributed by atoms with van der Waals surface area (Å²) in [6, 6.07) is 7.46. The van der Waals surface area contributed by atoms with Gasteiger partial charge in [-0.25, -0.2) is 0 Å². The molecule has 1 N–H and O–H groups in total. The van der Waals surface area contributed by atoms with E-state index in [1.54, 1.807) is 7.11 Å². The number of thioether (sulfide) groups is 1. The second kappa shape index (κ2) is 5.29. The molecule has 19 heavy (non-hydrogen) atoms. The third-order valence-corrected chi connectivity index (χ3v) is 4.26. The van der Waals surface area contributed by atoms with E-state index in [2.05, 4.69) is 0 Å². The van der Waals surface area contributed by atoms with Crippen molar-refractivity contribution in [1.82, 2.24) is 0 Å². The third-order valence-electron chi connectivity index (χ3n) is 3.08. The summed E-state index contributed by atoms with van der Waals surface area (Å²) in [6.07, 6.45) is 1.03. The van der Waals surface area contributed by atoms with Gasteiger partial charge in [0.2, 0.25) is 0 Å². The van der Waals surface area contributed by atoms with Crippen LogP contribution in [0.5, 0.6) is 5.75 Å². The maximum Gasteiger partial charge on any atom is 0.173 e. The Morgan fingerprint density at radius 3 is 2.37 bits per heavy atom. The zero-order chi connectivity index (χ0) is 14.0.